The minimum Gasteiger partial charge on any atom is -0.303 e. The number of rotatable bonds is 0. The Morgan fingerprint density at radius 1 is 1.42 bits per heavy atom. The molecule has 1 rings (SSSR count). The van der Waals surface area contributed by atoms with Crippen LogP contribution in [0, 0.1) is 0 Å². The molecule has 3 N–H and O–H groups in total. The molecular formula is C5H12N2O4P+. The van der Waals surface area contributed by atoms with E-state index in [0.717, 1.165) is 0 Å². The summed E-state index contributed by atoms with van der Waals surface area (Å²) >= 11 is 0. The van der Waals surface area contributed by atoms with Crippen LogP contribution in [0.25, 0.3) is 0 Å². The molecule has 0 fully saturated rings. The first-order chi connectivity index (χ1) is 5.29. The summed E-state index contributed by atoms with van der Waals surface area (Å²) in [6, 6.07) is 0. The normalized spacial score (nSPS) is 10.4. The first-order valence-electron chi connectivity index (χ1n) is 3.04. The van der Waals surface area contributed by atoms with Gasteiger partial charge in [-0.3, -0.25) is 0 Å². The van der Waals surface area contributed by atoms with E-state index in [1.165, 1.54) is 0 Å². The van der Waals surface area contributed by atoms with Gasteiger partial charge in [0.2, 0.25) is 6.33 Å². The molecule has 1 aromatic rings. The molecule has 0 bridgehead atoms. The Balaban J connectivity index is 0.000000217. The third kappa shape index (κ3) is 9.32. The van der Waals surface area contributed by atoms with Crippen LogP contribution in [-0.4, -0.2) is 19.2 Å². The van der Waals surface area contributed by atoms with Crippen molar-refractivity contribution in [1.29, 1.82) is 0 Å². The Morgan fingerprint density at radius 2 is 1.83 bits per heavy atom. The van der Waals surface area contributed by atoms with Crippen LogP contribution in [0.3, 0.4) is 0 Å². The second-order valence-corrected chi connectivity index (χ2v) is 3.28. The van der Waals surface area contributed by atoms with Gasteiger partial charge in [0.05, 0.1) is 14.1 Å². The number of hydrogen-bond acceptors (Lipinski definition) is 1. The zero-order valence-electron chi connectivity index (χ0n) is 6.82. The summed E-state index contributed by atoms with van der Waals surface area (Å²) in [5.41, 5.74) is 0. The highest BCUT2D eigenvalue weighted by atomic mass is 31.2. The summed E-state index contributed by atoms with van der Waals surface area (Å²) in [7, 11) is -0.639. The lowest BCUT2D eigenvalue weighted by Crippen LogP contribution is -2.23. The van der Waals surface area contributed by atoms with Crippen molar-refractivity contribution in [2.75, 3.05) is 0 Å². The molecule has 7 heteroatoms. The van der Waals surface area contributed by atoms with Gasteiger partial charge in [-0.05, 0) is 0 Å². The second kappa shape index (κ2) is 4.37. The van der Waals surface area contributed by atoms with Crippen LogP contribution in [0.15, 0.2) is 18.7 Å². The Labute approximate surface area is 69.9 Å². The van der Waals surface area contributed by atoms with E-state index in [1.54, 1.807) is 0 Å². The van der Waals surface area contributed by atoms with E-state index < -0.39 is 7.82 Å². The molecule has 0 aromatic carbocycles. The third-order valence-electron chi connectivity index (χ3n) is 0.901. The van der Waals surface area contributed by atoms with E-state index in [0.29, 0.717) is 0 Å². The van der Waals surface area contributed by atoms with Gasteiger partial charge in [0, 0.05) is 0 Å². The molecule has 0 aliphatic heterocycles. The second-order valence-electron chi connectivity index (χ2n) is 2.26. The van der Waals surface area contributed by atoms with Crippen molar-refractivity contribution in [2.24, 2.45) is 14.1 Å². The van der Waals surface area contributed by atoms with Gasteiger partial charge >= 0.3 is 7.82 Å². The molecule has 0 aliphatic rings. The molecule has 6 nitrogen and oxygen atoms in total. The van der Waals surface area contributed by atoms with Gasteiger partial charge in [0.15, 0.2) is 0 Å². The fourth-order valence-electron chi connectivity index (χ4n) is 0.575. The van der Waals surface area contributed by atoms with Gasteiger partial charge in [-0.25, -0.2) is 13.7 Å². The molecule has 0 spiro atoms. The van der Waals surface area contributed by atoms with E-state index in [1.807, 2.05) is 42.0 Å². The van der Waals surface area contributed by atoms with Crippen LogP contribution in [0.4, 0.5) is 0 Å². The summed E-state index contributed by atoms with van der Waals surface area (Å²) in [4.78, 5) is 21.6. The van der Waals surface area contributed by atoms with Crippen LogP contribution < -0.4 is 4.57 Å². The standard InChI is InChI=1S/C5H9N2.H3O4P/c1-6-3-4-7(2)5-6;1-5(2,3)4/h3-5H,1-2H3;(H3,1,2,3,4)/q+1;. The van der Waals surface area contributed by atoms with Crippen molar-refractivity contribution in [2.45, 2.75) is 0 Å². The van der Waals surface area contributed by atoms with Crippen molar-refractivity contribution >= 4 is 7.82 Å². The Morgan fingerprint density at radius 3 is 1.92 bits per heavy atom. The summed E-state index contributed by atoms with van der Waals surface area (Å²) in [5, 5.41) is 0. The predicted molar refractivity (Wildman–Crippen MR) is 40.9 cm³/mol. The molecule has 0 unspecified atom stereocenters. The maximum Gasteiger partial charge on any atom is 0.466 e. The van der Waals surface area contributed by atoms with Crippen molar-refractivity contribution in [3.63, 3.8) is 0 Å². The Bertz CT molecular complexity index is 254. The highest BCUT2D eigenvalue weighted by Crippen LogP contribution is 2.25. The van der Waals surface area contributed by atoms with Gasteiger partial charge in [0.1, 0.15) is 12.4 Å². The molecule has 12 heavy (non-hydrogen) atoms. The monoisotopic (exact) mass is 195 g/mol. The number of aryl methyl sites for hydroxylation is 2. The lowest BCUT2D eigenvalue weighted by Gasteiger charge is -1.82. The average molecular weight is 195 g/mol. The number of nitrogens with zero attached hydrogens (tertiary/aromatic N) is 2. The zero-order chi connectivity index (χ0) is 9.78. The lowest BCUT2D eigenvalue weighted by molar-refractivity contribution is -0.670. The van der Waals surface area contributed by atoms with Gasteiger partial charge < -0.3 is 14.7 Å². The molecule has 0 radical (unpaired) electrons. The van der Waals surface area contributed by atoms with Gasteiger partial charge in [0.25, 0.3) is 0 Å². The summed E-state index contributed by atoms with van der Waals surface area (Å²) in [6.45, 7) is 0. The molecule has 0 aliphatic carbocycles. The van der Waals surface area contributed by atoms with Gasteiger partial charge in [-0.2, -0.15) is 0 Å². The highest BCUT2D eigenvalue weighted by molar-refractivity contribution is 7.45. The minimum absolute atomic E-state index is 2.00. The number of phosphoric acid groups is 1. The lowest BCUT2D eigenvalue weighted by atomic mass is 10.9. The average Bonchev–Trinajstić information content (AvgIpc) is 2.09. The third-order valence-corrected chi connectivity index (χ3v) is 0.901. The van der Waals surface area contributed by atoms with Crippen molar-refractivity contribution in [3.05, 3.63) is 18.7 Å². The van der Waals surface area contributed by atoms with E-state index in [4.69, 9.17) is 19.2 Å². The van der Waals surface area contributed by atoms with E-state index in [2.05, 4.69) is 0 Å². The maximum absolute atomic E-state index is 8.88. The molecule has 0 saturated heterocycles. The topological polar surface area (TPSA) is 86.6 Å². The van der Waals surface area contributed by atoms with Gasteiger partial charge in [-0.1, -0.05) is 0 Å². The van der Waals surface area contributed by atoms with Crippen molar-refractivity contribution < 1.29 is 23.8 Å². The molecule has 1 heterocycles. The largest absolute Gasteiger partial charge is 0.466 e. The highest BCUT2D eigenvalue weighted by Gasteiger charge is 2.00. The smallest absolute Gasteiger partial charge is 0.303 e. The molecule has 0 amide bonds. The van der Waals surface area contributed by atoms with E-state index in [-0.39, 0.29) is 0 Å². The Kier molecular flexibility index (Phi) is 4.12. The van der Waals surface area contributed by atoms with Gasteiger partial charge in [-0.15, -0.1) is 0 Å². The fourth-order valence-corrected chi connectivity index (χ4v) is 0.575. The molecule has 0 atom stereocenters. The number of imidazole rings is 1. The summed E-state index contributed by atoms with van der Waals surface area (Å²) in [5.74, 6) is 0. The Hall–Kier alpha value is -0.680. The van der Waals surface area contributed by atoms with Crippen molar-refractivity contribution in [1.82, 2.24) is 4.57 Å². The zero-order valence-corrected chi connectivity index (χ0v) is 7.72. The van der Waals surface area contributed by atoms with Crippen molar-refractivity contribution in [3.8, 4) is 0 Å². The number of aromatic nitrogens is 2. The first-order valence-corrected chi connectivity index (χ1v) is 4.61. The summed E-state index contributed by atoms with van der Waals surface area (Å²) in [6.07, 6.45) is 6.00. The van der Waals surface area contributed by atoms with Crippen LogP contribution in [0.5, 0.6) is 0 Å². The van der Waals surface area contributed by atoms with E-state index in [9.17, 15) is 0 Å². The molecule has 70 valence electrons. The fraction of sp³-hybridized carbons (Fsp3) is 0.400. The maximum atomic E-state index is 8.88. The molecular weight excluding hydrogens is 183 g/mol. The predicted octanol–water partition coefficient (Wildman–Crippen LogP) is -1.08. The van der Waals surface area contributed by atoms with Crippen LogP contribution >= 0.6 is 7.82 Å². The first kappa shape index (κ1) is 11.3. The number of hydrogen-bond donors (Lipinski definition) is 3. The molecule has 1 aromatic heterocycles. The van der Waals surface area contributed by atoms with Crippen LogP contribution in [-0.2, 0) is 18.7 Å². The van der Waals surface area contributed by atoms with Crippen LogP contribution in [0.1, 0.15) is 0 Å². The molecule has 0 saturated carbocycles. The summed E-state index contributed by atoms with van der Waals surface area (Å²) < 4.78 is 12.9. The van der Waals surface area contributed by atoms with E-state index >= 15 is 0 Å². The quantitative estimate of drug-likeness (QED) is 0.363. The minimum atomic E-state index is -4.64. The SMILES string of the molecule is Cn1cc[n+](C)c1.O=P(O)(O)O. The van der Waals surface area contributed by atoms with Crippen LogP contribution in [0.2, 0.25) is 0 Å².